The third-order valence-electron chi connectivity index (χ3n) is 4.93. The predicted octanol–water partition coefficient (Wildman–Crippen LogP) is 5.90. The van der Waals surface area contributed by atoms with Crippen LogP contribution < -0.4 is 0 Å². The molecule has 1 aromatic rings. The van der Waals surface area contributed by atoms with Crippen molar-refractivity contribution in [1.29, 1.82) is 0 Å². The molecule has 1 aromatic carbocycles. The summed E-state index contributed by atoms with van der Waals surface area (Å²) >= 11 is 8.21. The lowest BCUT2D eigenvalue weighted by Gasteiger charge is -2.32. The molecular formula is C20H24O2S4. The van der Waals surface area contributed by atoms with E-state index >= 15 is 0 Å². The topological polar surface area (TPSA) is 26.3 Å². The number of hydrogen-bond donors (Lipinski definition) is 0. The third kappa shape index (κ3) is 4.45. The van der Waals surface area contributed by atoms with Gasteiger partial charge in [-0.25, -0.2) is 4.79 Å². The van der Waals surface area contributed by atoms with Crippen molar-refractivity contribution in [3.8, 4) is 0 Å². The molecular weight excluding hydrogens is 400 g/mol. The molecule has 0 spiro atoms. The Balaban J connectivity index is 1.55. The Hall–Kier alpha value is -0.170. The summed E-state index contributed by atoms with van der Waals surface area (Å²) in [5, 5.41) is 0. The highest BCUT2D eigenvalue weighted by molar-refractivity contribution is 8.22. The van der Waals surface area contributed by atoms with Gasteiger partial charge in [-0.1, -0.05) is 18.2 Å². The van der Waals surface area contributed by atoms with Gasteiger partial charge in [0.1, 0.15) is 6.10 Å². The summed E-state index contributed by atoms with van der Waals surface area (Å²) in [4.78, 5) is 12.6. The average molecular weight is 425 g/mol. The van der Waals surface area contributed by atoms with Crippen LogP contribution in [0.3, 0.4) is 0 Å². The van der Waals surface area contributed by atoms with Crippen LogP contribution in [0.15, 0.2) is 40.1 Å². The Labute approximate surface area is 173 Å². The van der Waals surface area contributed by atoms with E-state index < -0.39 is 0 Å². The molecule has 3 fully saturated rings. The van der Waals surface area contributed by atoms with Gasteiger partial charge in [0.05, 0.1) is 10.1 Å². The first-order valence-corrected chi connectivity index (χ1v) is 13.4. The van der Waals surface area contributed by atoms with Crippen LogP contribution in [-0.2, 0) is 4.74 Å². The van der Waals surface area contributed by atoms with Gasteiger partial charge in [-0.15, -0.1) is 47.0 Å². The monoisotopic (exact) mass is 424 g/mol. The van der Waals surface area contributed by atoms with E-state index in [2.05, 4.69) is 23.5 Å². The lowest BCUT2D eigenvalue weighted by Crippen LogP contribution is -2.31. The van der Waals surface area contributed by atoms with Crippen LogP contribution in [0.2, 0.25) is 0 Å². The van der Waals surface area contributed by atoms with E-state index in [0.29, 0.717) is 16.1 Å². The summed E-state index contributed by atoms with van der Waals surface area (Å²) in [6, 6.07) is 9.44. The van der Waals surface area contributed by atoms with Crippen LogP contribution in [0.4, 0.5) is 0 Å². The second kappa shape index (κ2) is 9.35. The van der Waals surface area contributed by atoms with Gasteiger partial charge >= 0.3 is 5.97 Å². The summed E-state index contributed by atoms with van der Waals surface area (Å²) in [5.74, 6) is 5.15. The highest BCUT2D eigenvalue weighted by Gasteiger charge is 2.42. The summed E-state index contributed by atoms with van der Waals surface area (Å²) < 4.78 is 8.13. The van der Waals surface area contributed by atoms with Crippen LogP contribution in [0.5, 0.6) is 0 Å². The molecule has 2 saturated heterocycles. The average Bonchev–Trinajstić information content (AvgIpc) is 3.13. The minimum absolute atomic E-state index is 0.0245. The minimum Gasteiger partial charge on any atom is -0.458 e. The standard InChI is InChI=1S/C20H24O2S4/c21-18(14-6-2-1-3-7-14)22-16-9-8-15(19-23-10-4-11-24-19)17(16)20-25-12-5-13-26-20/h1-3,6-7,16-17,20H,4-5,8-13H2/t16?,17-/m1/s1. The van der Waals surface area contributed by atoms with Gasteiger partial charge < -0.3 is 4.74 Å². The molecule has 0 aromatic heterocycles. The van der Waals surface area contributed by atoms with Crippen molar-refractivity contribution >= 4 is 53.0 Å². The summed E-state index contributed by atoms with van der Waals surface area (Å²) in [7, 11) is 0. The fraction of sp³-hybridized carbons (Fsp3) is 0.550. The SMILES string of the molecule is O=C(OC1CCC(=C2SCCCS2)[C@H]1C1SCCCS1)c1ccccc1. The van der Waals surface area contributed by atoms with E-state index in [-0.39, 0.29) is 12.1 Å². The zero-order valence-corrected chi connectivity index (χ0v) is 18.0. The first-order valence-electron chi connectivity index (χ1n) is 9.31. The number of rotatable bonds is 3. The second-order valence-corrected chi connectivity index (χ2v) is 12.0. The van der Waals surface area contributed by atoms with E-state index in [1.165, 1.54) is 40.1 Å². The molecule has 2 aliphatic heterocycles. The zero-order valence-electron chi connectivity index (χ0n) is 14.7. The maximum absolute atomic E-state index is 12.6. The number of thioether (sulfide) groups is 4. The Bertz CT molecular complexity index is 647. The van der Waals surface area contributed by atoms with Crippen LogP contribution in [0.1, 0.15) is 36.0 Å². The van der Waals surface area contributed by atoms with Gasteiger partial charge in [0.15, 0.2) is 0 Å². The van der Waals surface area contributed by atoms with Crippen molar-refractivity contribution in [3.05, 3.63) is 45.7 Å². The Morgan fingerprint density at radius 3 is 2.38 bits per heavy atom. The first-order chi connectivity index (χ1) is 12.8. The van der Waals surface area contributed by atoms with Crippen molar-refractivity contribution in [2.75, 3.05) is 23.0 Å². The molecule has 1 unspecified atom stereocenters. The quantitative estimate of drug-likeness (QED) is 0.561. The molecule has 2 heterocycles. The minimum atomic E-state index is -0.165. The lowest BCUT2D eigenvalue weighted by atomic mass is 10.0. The molecule has 0 bridgehead atoms. The number of hydrogen-bond acceptors (Lipinski definition) is 6. The van der Waals surface area contributed by atoms with E-state index in [0.717, 1.165) is 12.8 Å². The summed E-state index contributed by atoms with van der Waals surface area (Å²) in [6.07, 6.45) is 4.68. The van der Waals surface area contributed by atoms with Crippen molar-refractivity contribution in [3.63, 3.8) is 0 Å². The second-order valence-electron chi connectivity index (χ2n) is 6.70. The molecule has 2 nitrogen and oxygen atoms in total. The van der Waals surface area contributed by atoms with Crippen LogP contribution in [-0.4, -0.2) is 39.7 Å². The molecule has 3 aliphatic rings. The molecule has 6 heteroatoms. The molecule has 26 heavy (non-hydrogen) atoms. The first kappa shape index (κ1) is 19.2. The van der Waals surface area contributed by atoms with E-state index in [1.807, 2.05) is 53.9 Å². The maximum atomic E-state index is 12.6. The van der Waals surface area contributed by atoms with Gasteiger partial charge in [0.2, 0.25) is 0 Å². The Morgan fingerprint density at radius 2 is 1.65 bits per heavy atom. The number of carbonyl (C=O) groups excluding carboxylic acids is 1. The molecule has 140 valence electrons. The van der Waals surface area contributed by atoms with Crippen molar-refractivity contribution < 1.29 is 9.53 Å². The lowest BCUT2D eigenvalue weighted by molar-refractivity contribution is 0.0242. The summed E-state index contributed by atoms with van der Waals surface area (Å²) in [5.41, 5.74) is 2.25. The van der Waals surface area contributed by atoms with Crippen molar-refractivity contribution in [2.24, 2.45) is 5.92 Å². The molecule has 0 amide bonds. The normalized spacial score (nSPS) is 27.5. The van der Waals surface area contributed by atoms with Gasteiger partial charge in [-0.05, 0) is 66.4 Å². The zero-order chi connectivity index (χ0) is 17.8. The number of benzene rings is 1. The number of ether oxygens (including phenoxy) is 1. The third-order valence-corrected chi connectivity index (χ3v) is 10.8. The molecule has 4 rings (SSSR count). The van der Waals surface area contributed by atoms with Crippen LogP contribution in [0, 0.1) is 5.92 Å². The summed E-state index contributed by atoms with van der Waals surface area (Å²) in [6.45, 7) is 0. The predicted molar refractivity (Wildman–Crippen MR) is 118 cm³/mol. The van der Waals surface area contributed by atoms with E-state index in [1.54, 1.807) is 5.57 Å². The van der Waals surface area contributed by atoms with Gasteiger partial charge in [0.25, 0.3) is 0 Å². The fourth-order valence-electron chi connectivity index (χ4n) is 3.69. The molecule has 2 atom stereocenters. The van der Waals surface area contributed by atoms with Crippen molar-refractivity contribution in [1.82, 2.24) is 0 Å². The van der Waals surface area contributed by atoms with Gasteiger partial charge in [-0.3, -0.25) is 0 Å². The Kier molecular flexibility index (Phi) is 6.89. The van der Waals surface area contributed by atoms with Crippen LogP contribution in [0.25, 0.3) is 0 Å². The molecule has 0 radical (unpaired) electrons. The molecule has 1 aliphatic carbocycles. The largest absolute Gasteiger partial charge is 0.458 e. The van der Waals surface area contributed by atoms with Crippen molar-refractivity contribution in [2.45, 2.75) is 36.4 Å². The van der Waals surface area contributed by atoms with Gasteiger partial charge in [-0.2, -0.15) is 0 Å². The van der Waals surface area contributed by atoms with Gasteiger partial charge in [0, 0.05) is 10.2 Å². The molecule has 0 N–H and O–H groups in total. The van der Waals surface area contributed by atoms with Crippen LogP contribution >= 0.6 is 47.0 Å². The highest BCUT2D eigenvalue weighted by atomic mass is 32.2. The van der Waals surface area contributed by atoms with E-state index in [9.17, 15) is 4.79 Å². The van der Waals surface area contributed by atoms with E-state index in [4.69, 9.17) is 4.74 Å². The molecule has 1 saturated carbocycles. The smallest absolute Gasteiger partial charge is 0.338 e. The fourth-order valence-corrected chi connectivity index (χ4v) is 9.82. The highest BCUT2D eigenvalue weighted by Crippen LogP contribution is 2.51. The number of carbonyl (C=O) groups is 1. The maximum Gasteiger partial charge on any atom is 0.338 e. The number of esters is 1. The Morgan fingerprint density at radius 1 is 0.962 bits per heavy atom.